The number of benzene rings is 2. The molecule has 2 aromatic carbocycles. The average Bonchev–Trinajstić information content (AvgIpc) is 3.43. The van der Waals surface area contributed by atoms with E-state index in [0.717, 1.165) is 53.1 Å². The predicted octanol–water partition coefficient (Wildman–Crippen LogP) is 4.89. The highest BCUT2D eigenvalue weighted by atomic mass is 32.1. The molecule has 2 aromatic heterocycles. The number of carbonyl (C=O) groups excluding carboxylic acids is 3. The van der Waals surface area contributed by atoms with Crippen molar-refractivity contribution in [1.82, 2.24) is 25.7 Å². The number of rotatable bonds is 15. The molecule has 10 nitrogen and oxygen atoms in total. The van der Waals surface area contributed by atoms with Crippen LogP contribution in [-0.4, -0.2) is 44.7 Å². The van der Waals surface area contributed by atoms with Gasteiger partial charge >= 0.3 is 0 Å². The summed E-state index contributed by atoms with van der Waals surface area (Å²) in [5.41, 5.74) is 3.70. The van der Waals surface area contributed by atoms with Crippen LogP contribution in [0.25, 0.3) is 0 Å². The van der Waals surface area contributed by atoms with E-state index in [-0.39, 0.29) is 30.1 Å². The summed E-state index contributed by atoms with van der Waals surface area (Å²) in [6.45, 7) is 4.52. The molecular weight excluding hydrogens is 562 g/mol. The lowest BCUT2D eigenvalue weighted by molar-refractivity contribution is -0.121. The Morgan fingerprint density at radius 2 is 1.51 bits per heavy atom. The van der Waals surface area contributed by atoms with Gasteiger partial charge in [0.05, 0.1) is 18.5 Å². The van der Waals surface area contributed by atoms with Crippen LogP contribution in [0.3, 0.4) is 0 Å². The van der Waals surface area contributed by atoms with E-state index >= 15 is 0 Å². The summed E-state index contributed by atoms with van der Waals surface area (Å²) in [7, 11) is 0. The zero-order valence-corrected chi connectivity index (χ0v) is 25.3. The monoisotopic (exact) mass is 599 g/mol. The normalized spacial score (nSPS) is 11.5. The molecule has 0 radical (unpaired) electrons. The van der Waals surface area contributed by atoms with Gasteiger partial charge in [0.1, 0.15) is 5.01 Å². The van der Waals surface area contributed by atoms with Crippen LogP contribution in [0.15, 0.2) is 66.7 Å². The largest absolute Gasteiger partial charge is 0.356 e. The molecular formula is C32H37N7O3S. The van der Waals surface area contributed by atoms with Gasteiger partial charge in [-0.2, -0.15) is 5.10 Å². The van der Waals surface area contributed by atoms with Crippen molar-refractivity contribution in [3.63, 3.8) is 0 Å². The number of hydrogen-bond acceptors (Lipinski definition) is 8. The van der Waals surface area contributed by atoms with Gasteiger partial charge in [-0.1, -0.05) is 72.9 Å². The number of anilines is 2. The molecule has 3 N–H and O–H groups in total. The van der Waals surface area contributed by atoms with Crippen LogP contribution < -0.4 is 16.0 Å². The zero-order valence-electron chi connectivity index (χ0n) is 24.5. The van der Waals surface area contributed by atoms with E-state index in [1.807, 2.05) is 74.5 Å². The molecule has 0 aliphatic carbocycles. The number of unbranched alkanes of at least 4 members (excludes halogenated alkanes) is 1. The van der Waals surface area contributed by atoms with Gasteiger partial charge in [-0.05, 0) is 60.9 Å². The lowest BCUT2D eigenvalue weighted by atomic mass is 9.95. The minimum atomic E-state index is -0.178. The number of carbonyl (C=O) groups is 3. The highest BCUT2D eigenvalue weighted by Crippen LogP contribution is 2.21. The number of amides is 3. The van der Waals surface area contributed by atoms with Gasteiger partial charge in [-0.25, -0.2) is 0 Å². The molecule has 4 rings (SSSR count). The first-order valence-corrected chi connectivity index (χ1v) is 15.3. The Balaban J connectivity index is 1.15. The standard InChI is InChI=1S/C32H37N7O3S/c1-3-33-28(40)18-22(2)25-13-9-12-24(19-25)21-29(41)34-27-17-16-26(36-37-27)14-7-8-15-31-38-39-32(43-31)35-30(42)20-23-10-5-4-6-11-23/h4-6,9-13,16-17,19,22H,3,7-8,14-15,18,20-21H2,1-2H3,(H,33,40)(H,34,37,41)(H,35,39,42). The van der Waals surface area contributed by atoms with Crippen molar-refractivity contribution in [1.29, 1.82) is 0 Å². The van der Waals surface area contributed by atoms with Crippen LogP contribution in [0.2, 0.25) is 0 Å². The second kappa shape index (κ2) is 16.2. The van der Waals surface area contributed by atoms with Gasteiger partial charge in [0.25, 0.3) is 0 Å². The fraction of sp³-hybridized carbons (Fsp3) is 0.344. The average molecular weight is 600 g/mol. The summed E-state index contributed by atoms with van der Waals surface area (Å²) < 4.78 is 0. The highest BCUT2D eigenvalue weighted by Gasteiger charge is 2.13. The summed E-state index contributed by atoms with van der Waals surface area (Å²) in [5.74, 6) is 0.198. The third-order valence-electron chi connectivity index (χ3n) is 6.73. The maximum Gasteiger partial charge on any atom is 0.230 e. The Morgan fingerprint density at radius 3 is 2.28 bits per heavy atom. The third-order valence-corrected chi connectivity index (χ3v) is 7.63. The summed E-state index contributed by atoms with van der Waals surface area (Å²) in [4.78, 5) is 36.8. The maximum absolute atomic E-state index is 12.6. The second-order valence-electron chi connectivity index (χ2n) is 10.4. The van der Waals surface area contributed by atoms with E-state index in [2.05, 4.69) is 36.3 Å². The smallest absolute Gasteiger partial charge is 0.230 e. The molecule has 43 heavy (non-hydrogen) atoms. The number of nitrogens with zero attached hydrogens (tertiary/aromatic N) is 4. The molecule has 3 amide bonds. The van der Waals surface area contributed by atoms with Gasteiger partial charge in [-0.3, -0.25) is 14.4 Å². The van der Waals surface area contributed by atoms with E-state index in [0.29, 0.717) is 30.3 Å². The summed E-state index contributed by atoms with van der Waals surface area (Å²) in [6, 6.07) is 21.0. The summed E-state index contributed by atoms with van der Waals surface area (Å²) in [6.07, 6.45) is 4.22. The number of aryl methyl sites for hydroxylation is 2. The van der Waals surface area contributed by atoms with Crippen LogP contribution in [0.5, 0.6) is 0 Å². The quantitative estimate of drug-likeness (QED) is 0.165. The van der Waals surface area contributed by atoms with Crippen LogP contribution >= 0.6 is 11.3 Å². The molecule has 0 spiro atoms. The first-order valence-electron chi connectivity index (χ1n) is 14.5. The molecule has 0 aliphatic rings. The van der Waals surface area contributed by atoms with Crippen molar-refractivity contribution in [3.8, 4) is 0 Å². The van der Waals surface area contributed by atoms with Crippen molar-refractivity contribution in [3.05, 3.63) is 94.1 Å². The first kappa shape index (κ1) is 31.4. The lowest BCUT2D eigenvalue weighted by Crippen LogP contribution is -2.24. The van der Waals surface area contributed by atoms with E-state index in [1.165, 1.54) is 11.3 Å². The van der Waals surface area contributed by atoms with E-state index < -0.39 is 0 Å². The van der Waals surface area contributed by atoms with Gasteiger partial charge in [0, 0.05) is 19.4 Å². The number of nitrogens with one attached hydrogen (secondary N) is 3. The van der Waals surface area contributed by atoms with Crippen LogP contribution in [0.1, 0.15) is 66.4 Å². The van der Waals surface area contributed by atoms with Crippen molar-refractivity contribution >= 4 is 40.0 Å². The predicted molar refractivity (Wildman–Crippen MR) is 168 cm³/mol. The van der Waals surface area contributed by atoms with E-state index in [4.69, 9.17) is 0 Å². The summed E-state index contributed by atoms with van der Waals surface area (Å²) >= 11 is 1.39. The van der Waals surface area contributed by atoms with E-state index in [1.54, 1.807) is 6.07 Å². The molecule has 4 aromatic rings. The van der Waals surface area contributed by atoms with Crippen molar-refractivity contribution in [2.45, 2.75) is 64.7 Å². The SMILES string of the molecule is CCNC(=O)CC(C)c1cccc(CC(=O)Nc2ccc(CCCCc3nnc(NC(=O)Cc4ccccc4)s3)nn2)c1. The second-order valence-corrected chi connectivity index (χ2v) is 11.4. The van der Waals surface area contributed by atoms with E-state index in [9.17, 15) is 14.4 Å². The number of hydrogen-bond donors (Lipinski definition) is 3. The first-order chi connectivity index (χ1) is 20.9. The minimum absolute atomic E-state index is 0.0209. The van der Waals surface area contributed by atoms with Crippen LogP contribution in [-0.2, 0) is 40.1 Å². The molecule has 0 saturated heterocycles. The number of aromatic nitrogens is 4. The summed E-state index contributed by atoms with van der Waals surface area (Å²) in [5, 5.41) is 26.6. The highest BCUT2D eigenvalue weighted by molar-refractivity contribution is 7.15. The molecule has 0 saturated carbocycles. The molecule has 2 heterocycles. The van der Waals surface area contributed by atoms with Crippen molar-refractivity contribution < 1.29 is 14.4 Å². The molecule has 224 valence electrons. The maximum atomic E-state index is 12.6. The van der Waals surface area contributed by atoms with Crippen LogP contribution in [0.4, 0.5) is 10.9 Å². The van der Waals surface area contributed by atoms with Gasteiger partial charge in [-0.15, -0.1) is 15.3 Å². The molecule has 11 heteroatoms. The molecule has 0 fully saturated rings. The zero-order chi connectivity index (χ0) is 30.4. The van der Waals surface area contributed by atoms with Gasteiger partial charge < -0.3 is 16.0 Å². The Hall–Kier alpha value is -4.51. The van der Waals surface area contributed by atoms with Crippen molar-refractivity contribution in [2.75, 3.05) is 17.2 Å². The lowest BCUT2D eigenvalue weighted by Gasteiger charge is -2.13. The Labute approximate surface area is 255 Å². The third kappa shape index (κ3) is 10.7. The fourth-order valence-electron chi connectivity index (χ4n) is 4.54. The fourth-order valence-corrected chi connectivity index (χ4v) is 5.34. The Bertz CT molecular complexity index is 1490. The van der Waals surface area contributed by atoms with Gasteiger partial charge in [0.15, 0.2) is 5.82 Å². The Kier molecular flexibility index (Phi) is 11.8. The Morgan fingerprint density at radius 1 is 0.767 bits per heavy atom. The molecule has 1 atom stereocenters. The molecule has 0 bridgehead atoms. The topological polar surface area (TPSA) is 139 Å². The molecule has 1 unspecified atom stereocenters. The van der Waals surface area contributed by atoms with Crippen LogP contribution in [0, 0.1) is 0 Å². The van der Waals surface area contributed by atoms with Gasteiger partial charge in [0.2, 0.25) is 22.9 Å². The molecule has 0 aliphatic heterocycles. The van der Waals surface area contributed by atoms with Crippen molar-refractivity contribution in [2.24, 2.45) is 0 Å². The minimum Gasteiger partial charge on any atom is -0.356 e.